The summed E-state index contributed by atoms with van der Waals surface area (Å²) < 4.78 is 5.38. The molecule has 0 aliphatic rings. The minimum atomic E-state index is 0.360. The molecule has 0 bridgehead atoms. The van der Waals surface area contributed by atoms with Crippen LogP contribution in [-0.4, -0.2) is 22.6 Å². The van der Waals surface area contributed by atoms with E-state index in [2.05, 4.69) is 29.1 Å². The van der Waals surface area contributed by atoms with Gasteiger partial charge in [0.1, 0.15) is 11.6 Å². The number of anilines is 1. The average molecular weight is 209 g/mol. The zero-order chi connectivity index (χ0) is 11.3. The van der Waals surface area contributed by atoms with Crippen LogP contribution < -0.4 is 10.1 Å². The summed E-state index contributed by atoms with van der Waals surface area (Å²) in [5.74, 6) is 2.29. The molecule has 4 nitrogen and oxygen atoms in total. The predicted octanol–water partition coefficient (Wildman–Crippen LogP) is 2.26. The Hall–Kier alpha value is -1.32. The molecule has 0 radical (unpaired) electrons. The van der Waals surface area contributed by atoms with Crippen molar-refractivity contribution in [1.29, 1.82) is 0 Å². The van der Waals surface area contributed by atoms with Crippen molar-refractivity contribution < 1.29 is 4.74 Å². The second-order valence-corrected chi connectivity index (χ2v) is 3.59. The average Bonchev–Trinajstić information content (AvgIpc) is 2.16. The van der Waals surface area contributed by atoms with Crippen LogP contribution in [-0.2, 0) is 6.42 Å². The lowest BCUT2D eigenvalue weighted by molar-refractivity contribution is 0.325. The predicted molar refractivity (Wildman–Crippen MR) is 61.3 cm³/mol. The van der Waals surface area contributed by atoms with E-state index in [0.717, 1.165) is 18.1 Å². The van der Waals surface area contributed by atoms with Gasteiger partial charge in [0, 0.05) is 18.5 Å². The molecule has 1 aromatic heterocycles. The minimum Gasteiger partial charge on any atom is -0.478 e. The molecule has 0 unspecified atom stereocenters. The van der Waals surface area contributed by atoms with Gasteiger partial charge in [-0.2, -0.15) is 4.98 Å². The van der Waals surface area contributed by atoms with Crippen LogP contribution in [0.25, 0.3) is 0 Å². The first-order valence-corrected chi connectivity index (χ1v) is 5.43. The normalized spacial score (nSPS) is 10.5. The van der Waals surface area contributed by atoms with Gasteiger partial charge in [0.2, 0.25) is 5.88 Å². The lowest BCUT2D eigenvalue weighted by atomic mass is 10.3. The highest BCUT2D eigenvalue weighted by molar-refractivity contribution is 5.39. The molecule has 1 N–H and O–H groups in total. The van der Waals surface area contributed by atoms with Crippen molar-refractivity contribution in [3.63, 3.8) is 0 Å². The maximum absolute atomic E-state index is 5.38. The quantitative estimate of drug-likeness (QED) is 0.808. The Balaban J connectivity index is 2.89. The van der Waals surface area contributed by atoms with E-state index in [1.807, 2.05) is 19.9 Å². The largest absolute Gasteiger partial charge is 0.478 e. The molecule has 0 atom stereocenters. The van der Waals surface area contributed by atoms with Gasteiger partial charge in [-0.3, -0.25) is 0 Å². The minimum absolute atomic E-state index is 0.360. The summed E-state index contributed by atoms with van der Waals surface area (Å²) in [6, 6.07) is 2.20. The summed E-state index contributed by atoms with van der Waals surface area (Å²) in [5.41, 5.74) is 0. The van der Waals surface area contributed by atoms with E-state index in [1.165, 1.54) is 0 Å². The fourth-order valence-electron chi connectivity index (χ4n) is 1.22. The van der Waals surface area contributed by atoms with Crippen LogP contribution >= 0.6 is 0 Å². The maximum Gasteiger partial charge on any atom is 0.218 e. The lowest BCUT2D eigenvalue weighted by Crippen LogP contribution is -2.12. The van der Waals surface area contributed by atoms with Crippen molar-refractivity contribution in [3.8, 4) is 5.88 Å². The molecule has 15 heavy (non-hydrogen) atoms. The molecule has 0 aliphatic carbocycles. The van der Waals surface area contributed by atoms with Crippen molar-refractivity contribution in [2.45, 2.75) is 40.2 Å². The first kappa shape index (κ1) is 11.8. The van der Waals surface area contributed by atoms with E-state index in [1.54, 1.807) is 0 Å². The number of rotatable bonds is 5. The molecule has 0 aliphatic heterocycles. The fourth-order valence-corrected chi connectivity index (χ4v) is 1.22. The Labute approximate surface area is 91.1 Å². The van der Waals surface area contributed by atoms with Gasteiger partial charge in [0.15, 0.2) is 0 Å². The highest BCUT2D eigenvalue weighted by atomic mass is 16.5. The molecular weight excluding hydrogens is 190 g/mol. The smallest absolute Gasteiger partial charge is 0.218 e. The van der Waals surface area contributed by atoms with Crippen molar-refractivity contribution in [2.75, 3.05) is 11.9 Å². The molecule has 0 spiro atoms. The number of nitrogens with one attached hydrogen (secondary N) is 1. The van der Waals surface area contributed by atoms with Gasteiger partial charge in [0.05, 0.1) is 6.61 Å². The van der Waals surface area contributed by atoms with Crippen LogP contribution in [0, 0.1) is 0 Å². The van der Waals surface area contributed by atoms with Gasteiger partial charge >= 0.3 is 0 Å². The summed E-state index contributed by atoms with van der Waals surface area (Å²) in [7, 11) is 0. The zero-order valence-corrected chi connectivity index (χ0v) is 9.87. The molecule has 0 amide bonds. The number of hydrogen-bond acceptors (Lipinski definition) is 4. The summed E-state index contributed by atoms with van der Waals surface area (Å²) in [4.78, 5) is 8.65. The van der Waals surface area contributed by atoms with Crippen LogP contribution in [0.3, 0.4) is 0 Å². The molecule has 0 aromatic carbocycles. The molecular formula is C11H19N3O. The van der Waals surface area contributed by atoms with Crippen LogP contribution in [0.5, 0.6) is 5.88 Å². The molecule has 84 valence electrons. The van der Waals surface area contributed by atoms with Crippen LogP contribution in [0.2, 0.25) is 0 Å². The summed E-state index contributed by atoms with van der Waals surface area (Å²) in [5, 5.41) is 3.25. The SMILES string of the molecule is CCOc1cc(NC(C)C)nc(CC)n1. The fraction of sp³-hybridized carbons (Fsp3) is 0.636. The third kappa shape index (κ3) is 3.73. The van der Waals surface area contributed by atoms with E-state index in [4.69, 9.17) is 4.74 Å². The summed E-state index contributed by atoms with van der Waals surface area (Å²) >= 11 is 0. The number of ether oxygens (including phenoxy) is 1. The van der Waals surface area contributed by atoms with Crippen molar-refractivity contribution in [1.82, 2.24) is 9.97 Å². The molecule has 4 heteroatoms. The molecule has 1 heterocycles. The first-order valence-electron chi connectivity index (χ1n) is 5.43. The second-order valence-electron chi connectivity index (χ2n) is 3.59. The van der Waals surface area contributed by atoms with E-state index < -0.39 is 0 Å². The molecule has 0 saturated heterocycles. The topological polar surface area (TPSA) is 47.0 Å². The van der Waals surface area contributed by atoms with E-state index >= 15 is 0 Å². The van der Waals surface area contributed by atoms with Gasteiger partial charge < -0.3 is 10.1 Å². The van der Waals surface area contributed by atoms with E-state index in [0.29, 0.717) is 18.5 Å². The second kappa shape index (κ2) is 5.53. The summed E-state index contributed by atoms with van der Waals surface area (Å²) in [6.07, 6.45) is 0.813. The number of hydrogen-bond donors (Lipinski definition) is 1. The zero-order valence-electron chi connectivity index (χ0n) is 9.87. The van der Waals surface area contributed by atoms with E-state index in [9.17, 15) is 0 Å². The van der Waals surface area contributed by atoms with Crippen LogP contribution in [0.1, 0.15) is 33.5 Å². The summed E-state index contributed by atoms with van der Waals surface area (Å²) in [6.45, 7) is 8.76. The Bertz CT molecular complexity index is 313. The van der Waals surface area contributed by atoms with Crippen LogP contribution in [0.4, 0.5) is 5.82 Å². The Morgan fingerprint density at radius 1 is 1.33 bits per heavy atom. The Kier molecular flexibility index (Phi) is 4.34. The van der Waals surface area contributed by atoms with Crippen molar-refractivity contribution in [3.05, 3.63) is 11.9 Å². The maximum atomic E-state index is 5.38. The van der Waals surface area contributed by atoms with Gasteiger partial charge in [-0.25, -0.2) is 4.98 Å². The van der Waals surface area contributed by atoms with Gasteiger partial charge in [-0.1, -0.05) is 6.92 Å². The molecule has 0 saturated carbocycles. The number of aromatic nitrogens is 2. The third-order valence-corrected chi connectivity index (χ3v) is 1.79. The molecule has 0 fully saturated rings. The van der Waals surface area contributed by atoms with Gasteiger partial charge in [-0.15, -0.1) is 0 Å². The number of nitrogens with zero attached hydrogens (tertiary/aromatic N) is 2. The van der Waals surface area contributed by atoms with Crippen molar-refractivity contribution >= 4 is 5.82 Å². The van der Waals surface area contributed by atoms with Gasteiger partial charge in [0.25, 0.3) is 0 Å². The highest BCUT2D eigenvalue weighted by Crippen LogP contribution is 2.14. The van der Waals surface area contributed by atoms with E-state index in [-0.39, 0.29) is 0 Å². The Morgan fingerprint density at radius 3 is 2.60 bits per heavy atom. The monoisotopic (exact) mass is 209 g/mol. The highest BCUT2D eigenvalue weighted by Gasteiger charge is 2.04. The van der Waals surface area contributed by atoms with Crippen molar-refractivity contribution in [2.24, 2.45) is 0 Å². The van der Waals surface area contributed by atoms with Gasteiger partial charge in [-0.05, 0) is 20.8 Å². The van der Waals surface area contributed by atoms with Crippen LogP contribution in [0.15, 0.2) is 6.07 Å². The third-order valence-electron chi connectivity index (χ3n) is 1.79. The standard InChI is InChI=1S/C11H19N3O/c1-5-9-13-10(12-8(3)4)7-11(14-9)15-6-2/h7-8H,5-6H2,1-4H3,(H,12,13,14). The molecule has 1 aromatic rings. The first-order chi connectivity index (χ1) is 7.15. The number of aryl methyl sites for hydroxylation is 1. The Morgan fingerprint density at radius 2 is 2.07 bits per heavy atom. The lowest BCUT2D eigenvalue weighted by Gasteiger charge is -2.11. The molecule has 1 rings (SSSR count).